The van der Waals surface area contributed by atoms with Crippen molar-refractivity contribution in [3.8, 4) is 11.8 Å². The topological polar surface area (TPSA) is 62.3 Å². The molecule has 0 amide bonds. The molecule has 0 spiro atoms. The van der Waals surface area contributed by atoms with Crippen molar-refractivity contribution in [3.05, 3.63) is 70.1 Å². The van der Waals surface area contributed by atoms with Crippen molar-refractivity contribution in [1.29, 1.82) is 5.26 Å². The fourth-order valence-electron chi connectivity index (χ4n) is 3.65. The zero-order valence-electron chi connectivity index (χ0n) is 13.7. The van der Waals surface area contributed by atoms with Crippen LogP contribution in [-0.4, -0.2) is 13.1 Å². The van der Waals surface area contributed by atoms with Crippen LogP contribution in [0.5, 0.6) is 5.75 Å². The predicted octanol–water partition coefficient (Wildman–Crippen LogP) is 4.16. The van der Waals surface area contributed by atoms with Crippen molar-refractivity contribution in [2.75, 3.05) is 18.0 Å². The fourth-order valence-corrected chi connectivity index (χ4v) is 3.89. The molecule has 2 N–H and O–H groups in total. The molecule has 0 radical (unpaired) electrons. The number of hydrogen-bond donors (Lipinski definition) is 1. The minimum Gasteiger partial charge on any atom is -0.440 e. The monoisotopic (exact) mass is 351 g/mol. The molecule has 2 aliphatic heterocycles. The molecule has 1 atom stereocenters. The third kappa shape index (κ3) is 2.71. The van der Waals surface area contributed by atoms with Crippen LogP contribution in [0.1, 0.15) is 29.9 Å². The van der Waals surface area contributed by atoms with Gasteiger partial charge in [0.1, 0.15) is 17.4 Å². The summed E-state index contributed by atoms with van der Waals surface area (Å²) in [5, 5.41) is 10.2. The Kier molecular flexibility index (Phi) is 4.03. The molecule has 1 fully saturated rings. The van der Waals surface area contributed by atoms with Gasteiger partial charge in [-0.2, -0.15) is 5.26 Å². The third-order valence-corrected chi connectivity index (χ3v) is 5.23. The van der Waals surface area contributed by atoms with E-state index in [1.807, 2.05) is 36.4 Å². The van der Waals surface area contributed by atoms with Crippen molar-refractivity contribution in [1.82, 2.24) is 0 Å². The van der Waals surface area contributed by atoms with Crippen LogP contribution in [0.4, 0.5) is 5.69 Å². The summed E-state index contributed by atoms with van der Waals surface area (Å²) in [5.74, 6) is 0.541. The molecule has 2 aliphatic rings. The molecule has 2 aromatic rings. The number of hydrogen-bond acceptors (Lipinski definition) is 4. The first-order valence-electron chi connectivity index (χ1n) is 8.40. The summed E-state index contributed by atoms with van der Waals surface area (Å²) < 4.78 is 5.79. The molecule has 0 aliphatic carbocycles. The predicted molar refractivity (Wildman–Crippen MR) is 98.6 cm³/mol. The smallest absolute Gasteiger partial charge is 0.205 e. The van der Waals surface area contributed by atoms with Crippen molar-refractivity contribution >= 4 is 17.3 Å². The van der Waals surface area contributed by atoms with Crippen LogP contribution >= 0.6 is 11.6 Å². The Bertz CT molecular complexity index is 894. The Morgan fingerprint density at radius 3 is 2.60 bits per heavy atom. The zero-order chi connectivity index (χ0) is 17.4. The summed E-state index contributed by atoms with van der Waals surface area (Å²) in [6, 6.07) is 15.9. The molecular formula is C20H18ClN3O. The van der Waals surface area contributed by atoms with Crippen LogP contribution in [0.2, 0.25) is 5.02 Å². The van der Waals surface area contributed by atoms with Crippen LogP contribution in [0.25, 0.3) is 0 Å². The van der Waals surface area contributed by atoms with Crippen LogP contribution < -0.4 is 15.4 Å². The van der Waals surface area contributed by atoms with E-state index in [2.05, 4.69) is 17.0 Å². The summed E-state index contributed by atoms with van der Waals surface area (Å²) in [6.45, 7) is 2.11. The van der Waals surface area contributed by atoms with Crippen molar-refractivity contribution < 1.29 is 4.74 Å². The van der Waals surface area contributed by atoms with Crippen LogP contribution in [-0.2, 0) is 0 Å². The number of allylic oxidation sites excluding steroid dienone is 1. The molecule has 5 heteroatoms. The molecular weight excluding hydrogens is 334 g/mol. The van der Waals surface area contributed by atoms with E-state index in [1.165, 1.54) is 12.8 Å². The Hall–Kier alpha value is -2.64. The molecule has 4 nitrogen and oxygen atoms in total. The first kappa shape index (κ1) is 15.9. The summed E-state index contributed by atoms with van der Waals surface area (Å²) in [5.41, 5.74) is 9.37. The largest absolute Gasteiger partial charge is 0.440 e. The van der Waals surface area contributed by atoms with E-state index >= 15 is 0 Å². The lowest BCUT2D eigenvalue weighted by atomic mass is 9.83. The van der Waals surface area contributed by atoms with Gasteiger partial charge in [-0.05, 0) is 30.5 Å². The maximum Gasteiger partial charge on any atom is 0.205 e. The molecule has 1 unspecified atom stereocenters. The second kappa shape index (κ2) is 6.34. The highest BCUT2D eigenvalue weighted by molar-refractivity contribution is 6.31. The van der Waals surface area contributed by atoms with Gasteiger partial charge in [0.05, 0.1) is 5.92 Å². The molecule has 1 saturated heterocycles. The molecule has 25 heavy (non-hydrogen) atoms. The second-order valence-electron chi connectivity index (χ2n) is 6.36. The standard InChI is InChI=1S/C20H18ClN3O/c21-17-6-2-1-5-14(17)19-15-8-7-13(24-9-3-4-10-24)11-18(15)25-20(23)16(19)12-22/h1-2,5-8,11,19H,3-4,9-10,23H2. The number of nitriles is 1. The molecule has 0 saturated carbocycles. The summed E-state index contributed by atoms with van der Waals surface area (Å²) in [7, 11) is 0. The third-order valence-electron chi connectivity index (χ3n) is 4.89. The molecule has 0 aromatic heterocycles. The number of nitrogens with two attached hydrogens (primary N) is 1. The highest BCUT2D eigenvalue weighted by atomic mass is 35.5. The van der Waals surface area contributed by atoms with Crippen molar-refractivity contribution in [2.24, 2.45) is 5.73 Å². The molecule has 126 valence electrons. The van der Waals surface area contributed by atoms with Gasteiger partial charge in [0.25, 0.3) is 0 Å². The molecule has 0 bridgehead atoms. The van der Waals surface area contributed by atoms with Gasteiger partial charge >= 0.3 is 0 Å². The van der Waals surface area contributed by atoms with Gasteiger partial charge in [-0.15, -0.1) is 0 Å². The number of halogens is 1. The molecule has 2 aromatic carbocycles. The van der Waals surface area contributed by atoms with E-state index < -0.39 is 0 Å². The quantitative estimate of drug-likeness (QED) is 0.882. The average Bonchev–Trinajstić information content (AvgIpc) is 3.15. The highest BCUT2D eigenvalue weighted by Gasteiger charge is 2.32. The first-order valence-corrected chi connectivity index (χ1v) is 8.77. The minimum absolute atomic E-state index is 0.151. The number of benzene rings is 2. The molecule has 2 heterocycles. The van der Waals surface area contributed by atoms with Crippen molar-refractivity contribution in [2.45, 2.75) is 18.8 Å². The average molecular weight is 352 g/mol. The Balaban J connectivity index is 1.84. The molecule has 4 rings (SSSR count). The Labute approximate surface area is 152 Å². The summed E-state index contributed by atoms with van der Waals surface area (Å²) >= 11 is 6.41. The van der Waals surface area contributed by atoms with Gasteiger partial charge in [0.2, 0.25) is 5.88 Å². The lowest BCUT2D eigenvalue weighted by Gasteiger charge is -2.28. The Morgan fingerprint density at radius 2 is 1.88 bits per heavy atom. The minimum atomic E-state index is -0.310. The van der Waals surface area contributed by atoms with Gasteiger partial charge in [0, 0.05) is 35.4 Å². The normalized spacial score (nSPS) is 19.4. The van der Waals surface area contributed by atoms with Gasteiger partial charge in [-0.25, -0.2) is 0 Å². The van der Waals surface area contributed by atoms with E-state index in [9.17, 15) is 5.26 Å². The number of fused-ring (bicyclic) bond motifs is 1. The number of anilines is 1. The van der Waals surface area contributed by atoms with E-state index in [1.54, 1.807) is 0 Å². The van der Waals surface area contributed by atoms with Gasteiger partial charge < -0.3 is 15.4 Å². The van der Waals surface area contributed by atoms with E-state index in [0.29, 0.717) is 16.3 Å². The second-order valence-corrected chi connectivity index (χ2v) is 6.77. The van der Waals surface area contributed by atoms with Crippen LogP contribution in [0.15, 0.2) is 53.9 Å². The van der Waals surface area contributed by atoms with E-state index in [4.69, 9.17) is 22.1 Å². The van der Waals surface area contributed by atoms with Crippen molar-refractivity contribution in [3.63, 3.8) is 0 Å². The Morgan fingerprint density at radius 1 is 1.12 bits per heavy atom. The fraction of sp³-hybridized carbons (Fsp3) is 0.250. The number of nitrogens with zero attached hydrogens (tertiary/aromatic N) is 2. The van der Waals surface area contributed by atoms with Gasteiger partial charge in [-0.3, -0.25) is 0 Å². The summed E-state index contributed by atoms with van der Waals surface area (Å²) in [4.78, 5) is 2.34. The van der Waals surface area contributed by atoms with Gasteiger partial charge in [0.15, 0.2) is 0 Å². The number of ether oxygens (including phenoxy) is 1. The van der Waals surface area contributed by atoms with Crippen LogP contribution in [0.3, 0.4) is 0 Å². The SMILES string of the molecule is N#CC1=C(N)Oc2cc(N3CCCC3)ccc2C1c1ccccc1Cl. The van der Waals surface area contributed by atoms with E-state index in [0.717, 1.165) is 29.9 Å². The maximum atomic E-state index is 9.62. The highest BCUT2D eigenvalue weighted by Crippen LogP contribution is 2.45. The first-order chi connectivity index (χ1) is 12.2. The van der Waals surface area contributed by atoms with Gasteiger partial charge in [-0.1, -0.05) is 35.9 Å². The van der Waals surface area contributed by atoms with E-state index in [-0.39, 0.29) is 11.8 Å². The maximum absolute atomic E-state index is 9.62. The lowest BCUT2D eigenvalue weighted by Crippen LogP contribution is -2.22. The lowest BCUT2D eigenvalue weighted by molar-refractivity contribution is 0.394. The van der Waals surface area contributed by atoms with Crippen LogP contribution in [0, 0.1) is 11.3 Å². The zero-order valence-corrected chi connectivity index (χ0v) is 14.5. The summed E-state index contributed by atoms with van der Waals surface area (Å²) in [6.07, 6.45) is 2.42. The number of rotatable bonds is 2.